The van der Waals surface area contributed by atoms with Crippen LogP contribution in [-0.2, 0) is 11.2 Å². The molecule has 3 aromatic rings. The third-order valence-electron chi connectivity index (χ3n) is 5.08. The summed E-state index contributed by atoms with van der Waals surface area (Å²) in [6.45, 7) is 2.19. The Labute approximate surface area is 181 Å². The van der Waals surface area contributed by atoms with Crippen molar-refractivity contribution < 1.29 is 14.9 Å². The van der Waals surface area contributed by atoms with Gasteiger partial charge in [-0.1, -0.05) is 74.0 Å². The van der Waals surface area contributed by atoms with Gasteiger partial charge in [-0.05, 0) is 29.9 Å². The van der Waals surface area contributed by atoms with Gasteiger partial charge in [0.25, 0.3) is 5.91 Å². The van der Waals surface area contributed by atoms with Crippen LogP contribution in [0.4, 0.5) is 4.79 Å². The average Bonchev–Trinajstić information content (AvgIpc) is 3.28. The molecule has 0 unspecified atom stereocenters. The van der Waals surface area contributed by atoms with Crippen LogP contribution in [0, 0.1) is 0 Å². The number of hydrogen-bond donors (Lipinski definition) is 3. The van der Waals surface area contributed by atoms with E-state index >= 15 is 0 Å². The number of benzene rings is 2. The van der Waals surface area contributed by atoms with Crippen LogP contribution in [0.2, 0.25) is 0 Å². The highest BCUT2D eigenvalue weighted by molar-refractivity contribution is 7.10. The standard InChI is InChI=1S/C24H27N3O2S/c1-2-3-8-17-12-14-19(15-13-17)21(20-11-7-16-30-20)26-22(23(28)27-24(25)29)18-9-5-4-6-10-18/h4-7,9-16,21-22,26H,2-3,8H2,1H3,(H3,25,27,28,29)/p+1/t21-,22-/m0/s1. The maximum absolute atomic E-state index is 12.8. The normalized spacial score (nSPS) is 12.8. The van der Waals surface area contributed by atoms with E-state index in [4.69, 9.17) is 5.73 Å². The number of unbranched alkanes of at least 4 members (excludes halogenated alkanes) is 1. The van der Waals surface area contributed by atoms with E-state index in [0.29, 0.717) is 0 Å². The van der Waals surface area contributed by atoms with Crippen molar-refractivity contribution in [2.45, 2.75) is 38.3 Å². The van der Waals surface area contributed by atoms with Gasteiger partial charge in [0, 0.05) is 11.1 Å². The number of quaternary nitrogens is 1. The van der Waals surface area contributed by atoms with Crippen molar-refractivity contribution >= 4 is 23.3 Å². The smallest absolute Gasteiger partial charge is 0.319 e. The topological polar surface area (TPSA) is 88.8 Å². The summed E-state index contributed by atoms with van der Waals surface area (Å²) < 4.78 is 0. The first-order chi connectivity index (χ1) is 14.6. The molecule has 0 aliphatic rings. The fraction of sp³-hybridized carbons (Fsp3) is 0.250. The average molecular weight is 423 g/mol. The van der Waals surface area contributed by atoms with E-state index in [1.54, 1.807) is 11.3 Å². The molecule has 0 aliphatic carbocycles. The number of urea groups is 1. The largest absolute Gasteiger partial charge is 0.351 e. The molecule has 0 fully saturated rings. The molecule has 5 nitrogen and oxygen atoms in total. The summed E-state index contributed by atoms with van der Waals surface area (Å²) in [7, 11) is 0. The summed E-state index contributed by atoms with van der Waals surface area (Å²) in [6, 6.07) is 20.6. The molecule has 5 N–H and O–H groups in total. The molecule has 6 heteroatoms. The quantitative estimate of drug-likeness (QED) is 0.491. The van der Waals surface area contributed by atoms with Gasteiger partial charge in [-0.2, -0.15) is 0 Å². The lowest BCUT2D eigenvalue weighted by atomic mass is 9.98. The van der Waals surface area contributed by atoms with Crippen LogP contribution in [0.25, 0.3) is 0 Å². The SMILES string of the molecule is CCCCc1ccc([C@H]([NH2+][C@H](C(=O)NC(N)=O)c2ccccc2)c2cccs2)cc1. The minimum absolute atomic E-state index is 0.0749. The van der Waals surface area contributed by atoms with E-state index in [0.717, 1.165) is 22.4 Å². The molecule has 0 saturated carbocycles. The van der Waals surface area contributed by atoms with Gasteiger partial charge >= 0.3 is 6.03 Å². The molecule has 1 aromatic heterocycles. The Morgan fingerprint density at radius 2 is 1.73 bits per heavy atom. The highest BCUT2D eigenvalue weighted by Crippen LogP contribution is 2.25. The lowest BCUT2D eigenvalue weighted by Gasteiger charge is -2.22. The molecule has 0 spiro atoms. The van der Waals surface area contributed by atoms with Crippen LogP contribution >= 0.6 is 11.3 Å². The van der Waals surface area contributed by atoms with Crippen molar-refractivity contribution in [1.29, 1.82) is 0 Å². The van der Waals surface area contributed by atoms with Gasteiger partial charge in [0.05, 0.1) is 4.88 Å². The number of hydrogen-bond acceptors (Lipinski definition) is 3. The number of amides is 3. The molecule has 2 aromatic carbocycles. The van der Waals surface area contributed by atoms with Gasteiger partial charge in [0.15, 0.2) is 6.04 Å². The first kappa shape index (κ1) is 21.7. The third kappa shape index (κ3) is 5.78. The molecule has 1 heterocycles. The molecule has 3 amide bonds. The number of imide groups is 1. The molecule has 156 valence electrons. The van der Waals surface area contributed by atoms with E-state index in [9.17, 15) is 9.59 Å². The van der Waals surface area contributed by atoms with Gasteiger partial charge < -0.3 is 11.1 Å². The van der Waals surface area contributed by atoms with Crippen molar-refractivity contribution in [3.63, 3.8) is 0 Å². The molecule has 0 radical (unpaired) electrons. The molecule has 30 heavy (non-hydrogen) atoms. The van der Waals surface area contributed by atoms with E-state index in [1.165, 1.54) is 18.4 Å². The number of carbonyl (C=O) groups excluding carboxylic acids is 2. The lowest BCUT2D eigenvalue weighted by Crippen LogP contribution is -2.88. The molecule has 0 aliphatic heterocycles. The zero-order valence-electron chi connectivity index (χ0n) is 17.1. The predicted octanol–water partition coefficient (Wildman–Crippen LogP) is 3.68. The maximum Gasteiger partial charge on any atom is 0.319 e. The molecule has 0 saturated heterocycles. The molecule has 2 atom stereocenters. The number of carbonyl (C=O) groups is 2. The van der Waals surface area contributed by atoms with Gasteiger partial charge in [0.1, 0.15) is 6.04 Å². The van der Waals surface area contributed by atoms with Crippen molar-refractivity contribution in [3.8, 4) is 0 Å². The highest BCUT2D eigenvalue weighted by atomic mass is 32.1. The minimum Gasteiger partial charge on any atom is -0.351 e. The van der Waals surface area contributed by atoms with E-state index in [2.05, 4.69) is 42.6 Å². The zero-order chi connectivity index (χ0) is 21.3. The van der Waals surface area contributed by atoms with Crippen LogP contribution in [0.1, 0.15) is 53.4 Å². The zero-order valence-corrected chi connectivity index (χ0v) is 17.9. The Kier molecular flexibility index (Phi) is 7.76. The molecular formula is C24H28N3O2S+. The second-order valence-electron chi connectivity index (χ2n) is 7.27. The Morgan fingerprint density at radius 1 is 1.00 bits per heavy atom. The van der Waals surface area contributed by atoms with E-state index < -0.39 is 18.0 Å². The Morgan fingerprint density at radius 3 is 2.33 bits per heavy atom. The Hall–Kier alpha value is -2.96. The fourth-order valence-electron chi connectivity index (χ4n) is 3.51. The molecule has 0 bridgehead atoms. The minimum atomic E-state index is -0.845. The summed E-state index contributed by atoms with van der Waals surface area (Å²) in [4.78, 5) is 25.3. The molecule has 3 rings (SSSR count). The Bertz CT molecular complexity index is 940. The summed E-state index contributed by atoms with van der Waals surface area (Å²) in [5, 5.41) is 6.28. The van der Waals surface area contributed by atoms with Crippen LogP contribution in [0.5, 0.6) is 0 Å². The number of nitrogens with one attached hydrogen (secondary N) is 1. The summed E-state index contributed by atoms with van der Waals surface area (Å²) in [6.07, 6.45) is 3.40. The maximum atomic E-state index is 12.8. The van der Waals surface area contributed by atoms with Crippen molar-refractivity contribution in [2.75, 3.05) is 0 Å². The molecular weight excluding hydrogens is 394 g/mol. The van der Waals surface area contributed by atoms with Crippen LogP contribution < -0.4 is 16.4 Å². The number of thiophene rings is 1. The van der Waals surface area contributed by atoms with E-state index in [-0.39, 0.29) is 6.04 Å². The van der Waals surface area contributed by atoms with Crippen LogP contribution in [-0.4, -0.2) is 11.9 Å². The number of rotatable bonds is 9. The summed E-state index contributed by atoms with van der Waals surface area (Å²) >= 11 is 1.65. The van der Waals surface area contributed by atoms with Crippen LogP contribution in [0.3, 0.4) is 0 Å². The van der Waals surface area contributed by atoms with Crippen molar-refractivity contribution in [3.05, 3.63) is 93.7 Å². The van der Waals surface area contributed by atoms with E-state index in [1.807, 2.05) is 47.1 Å². The number of nitrogens with two attached hydrogens (primary N) is 2. The third-order valence-corrected chi connectivity index (χ3v) is 6.04. The lowest BCUT2D eigenvalue weighted by molar-refractivity contribution is -0.713. The number of aryl methyl sites for hydroxylation is 1. The van der Waals surface area contributed by atoms with Gasteiger partial charge in [0.2, 0.25) is 0 Å². The van der Waals surface area contributed by atoms with Gasteiger partial charge in [-0.15, -0.1) is 11.3 Å². The van der Waals surface area contributed by atoms with Crippen molar-refractivity contribution in [2.24, 2.45) is 5.73 Å². The fourth-order valence-corrected chi connectivity index (χ4v) is 4.35. The summed E-state index contributed by atoms with van der Waals surface area (Å²) in [5.41, 5.74) is 8.47. The summed E-state index contributed by atoms with van der Waals surface area (Å²) in [5.74, 6) is -0.421. The second kappa shape index (κ2) is 10.7. The van der Waals surface area contributed by atoms with Crippen LogP contribution in [0.15, 0.2) is 72.1 Å². The highest BCUT2D eigenvalue weighted by Gasteiger charge is 2.31. The van der Waals surface area contributed by atoms with Crippen molar-refractivity contribution in [1.82, 2.24) is 5.32 Å². The monoisotopic (exact) mass is 422 g/mol. The van der Waals surface area contributed by atoms with Gasteiger partial charge in [-0.25, -0.2) is 4.79 Å². The Balaban J connectivity index is 1.92. The first-order valence-corrected chi connectivity index (χ1v) is 11.1. The first-order valence-electron chi connectivity index (χ1n) is 10.2. The second-order valence-corrected chi connectivity index (χ2v) is 8.25. The predicted molar refractivity (Wildman–Crippen MR) is 120 cm³/mol. The number of primary amides is 1. The van der Waals surface area contributed by atoms with Gasteiger partial charge in [-0.3, -0.25) is 10.1 Å².